The van der Waals surface area contributed by atoms with Crippen molar-refractivity contribution in [3.05, 3.63) is 42.0 Å². The third-order valence-electron chi connectivity index (χ3n) is 5.79. The zero-order valence-corrected chi connectivity index (χ0v) is 14.8. The summed E-state index contributed by atoms with van der Waals surface area (Å²) >= 11 is 0. The van der Waals surface area contributed by atoms with Crippen LogP contribution in [-0.2, 0) is 4.74 Å². The number of morpholine rings is 1. The highest BCUT2D eigenvalue weighted by Crippen LogP contribution is 2.33. The highest BCUT2D eigenvalue weighted by molar-refractivity contribution is 6.01. The number of aromatic hydroxyl groups is 1. The quantitative estimate of drug-likeness (QED) is 0.869. The average molecular weight is 355 g/mol. The molecule has 2 aromatic carbocycles. The van der Waals surface area contributed by atoms with Gasteiger partial charge in [-0.1, -0.05) is 37.1 Å². The maximum absolute atomic E-state index is 13.2. The predicted molar refractivity (Wildman–Crippen MR) is 99.2 cm³/mol. The first-order valence-corrected chi connectivity index (χ1v) is 9.43. The fourth-order valence-corrected chi connectivity index (χ4v) is 4.40. The third-order valence-corrected chi connectivity index (χ3v) is 5.79. The summed E-state index contributed by atoms with van der Waals surface area (Å²) in [6, 6.07) is 10.8. The van der Waals surface area contributed by atoms with E-state index in [4.69, 9.17) is 4.74 Å². The topological polar surface area (TPSA) is 70.0 Å². The second-order valence-corrected chi connectivity index (χ2v) is 7.37. The SMILES string of the molecule is O=C(c1cc(O)c2ccccc2c1)N1CCOCC1C1CCCCC1O. The van der Waals surface area contributed by atoms with Crippen LogP contribution in [0.1, 0.15) is 36.0 Å². The maximum Gasteiger partial charge on any atom is 0.254 e. The second kappa shape index (κ2) is 7.25. The molecule has 3 atom stereocenters. The van der Waals surface area contributed by atoms with Crippen molar-refractivity contribution in [2.75, 3.05) is 19.8 Å². The van der Waals surface area contributed by atoms with Gasteiger partial charge in [-0.2, -0.15) is 0 Å². The van der Waals surface area contributed by atoms with Crippen molar-refractivity contribution in [2.45, 2.75) is 37.8 Å². The molecule has 1 saturated heterocycles. The third kappa shape index (κ3) is 3.17. The average Bonchev–Trinajstić information content (AvgIpc) is 2.68. The molecule has 0 spiro atoms. The van der Waals surface area contributed by atoms with Crippen LogP contribution in [-0.4, -0.2) is 52.9 Å². The number of ether oxygens (including phenoxy) is 1. The molecule has 0 bridgehead atoms. The molecule has 2 aliphatic rings. The fourth-order valence-electron chi connectivity index (χ4n) is 4.40. The molecule has 1 heterocycles. The van der Waals surface area contributed by atoms with Crippen LogP contribution >= 0.6 is 0 Å². The number of fused-ring (bicyclic) bond motifs is 1. The predicted octanol–water partition coefficient (Wildman–Crippen LogP) is 2.94. The molecule has 5 heteroatoms. The fraction of sp³-hybridized carbons (Fsp3) is 0.476. The van der Waals surface area contributed by atoms with Crippen LogP contribution in [0.5, 0.6) is 5.75 Å². The number of phenolic OH excluding ortho intramolecular Hbond substituents is 1. The number of hydrogen-bond donors (Lipinski definition) is 2. The summed E-state index contributed by atoms with van der Waals surface area (Å²) in [5.74, 6) is 0.0770. The van der Waals surface area contributed by atoms with Crippen molar-refractivity contribution in [1.29, 1.82) is 0 Å². The van der Waals surface area contributed by atoms with Gasteiger partial charge >= 0.3 is 0 Å². The number of benzene rings is 2. The van der Waals surface area contributed by atoms with Gasteiger partial charge in [-0.05, 0) is 30.4 Å². The van der Waals surface area contributed by atoms with E-state index >= 15 is 0 Å². The van der Waals surface area contributed by atoms with E-state index in [1.54, 1.807) is 6.07 Å². The van der Waals surface area contributed by atoms with E-state index in [9.17, 15) is 15.0 Å². The van der Waals surface area contributed by atoms with Crippen molar-refractivity contribution >= 4 is 16.7 Å². The Morgan fingerprint density at radius 2 is 1.96 bits per heavy atom. The lowest BCUT2D eigenvalue weighted by Crippen LogP contribution is -2.55. The highest BCUT2D eigenvalue weighted by Gasteiger charge is 2.38. The van der Waals surface area contributed by atoms with Gasteiger partial charge in [0.25, 0.3) is 5.91 Å². The molecule has 2 fully saturated rings. The number of carbonyl (C=O) groups is 1. The Balaban J connectivity index is 1.65. The van der Waals surface area contributed by atoms with Gasteiger partial charge in [0, 0.05) is 23.4 Å². The minimum atomic E-state index is -0.379. The monoisotopic (exact) mass is 355 g/mol. The molecule has 0 aromatic heterocycles. The summed E-state index contributed by atoms with van der Waals surface area (Å²) in [7, 11) is 0. The summed E-state index contributed by atoms with van der Waals surface area (Å²) in [4.78, 5) is 15.1. The van der Waals surface area contributed by atoms with Crippen molar-refractivity contribution in [3.8, 4) is 5.75 Å². The van der Waals surface area contributed by atoms with Crippen LogP contribution in [0.15, 0.2) is 36.4 Å². The molecular weight excluding hydrogens is 330 g/mol. The van der Waals surface area contributed by atoms with Crippen molar-refractivity contribution in [2.24, 2.45) is 5.92 Å². The lowest BCUT2D eigenvalue weighted by atomic mass is 9.80. The summed E-state index contributed by atoms with van der Waals surface area (Å²) in [6.45, 7) is 1.48. The molecular formula is C21H25NO4. The van der Waals surface area contributed by atoms with Gasteiger partial charge in [0.05, 0.1) is 25.4 Å². The molecule has 5 nitrogen and oxygen atoms in total. The normalized spacial score (nSPS) is 26.8. The van der Waals surface area contributed by atoms with Crippen LogP contribution in [0.25, 0.3) is 10.8 Å². The number of amides is 1. The first kappa shape index (κ1) is 17.3. The van der Waals surface area contributed by atoms with E-state index in [0.717, 1.165) is 36.5 Å². The van der Waals surface area contributed by atoms with Crippen LogP contribution in [0, 0.1) is 5.92 Å². The Morgan fingerprint density at radius 1 is 1.15 bits per heavy atom. The summed E-state index contributed by atoms with van der Waals surface area (Å²) in [5, 5.41) is 22.4. The van der Waals surface area contributed by atoms with Crippen molar-refractivity contribution in [1.82, 2.24) is 4.90 Å². The van der Waals surface area contributed by atoms with Gasteiger partial charge in [0.2, 0.25) is 0 Å². The number of rotatable bonds is 2. The number of aliphatic hydroxyl groups excluding tert-OH is 1. The molecule has 1 aliphatic carbocycles. The first-order chi connectivity index (χ1) is 12.6. The molecule has 1 amide bonds. The molecule has 2 N–H and O–H groups in total. The zero-order valence-electron chi connectivity index (χ0n) is 14.8. The number of aliphatic hydroxyl groups is 1. The van der Waals surface area contributed by atoms with E-state index in [1.807, 2.05) is 35.2 Å². The van der Waals surface area contributed by atoms with Gasteiger partial charge in [-0.25, -0.2) is 0 Å². The molecule has 1 aliphatic heterocycles. The molecule has 0 radical (unpaired) electrons. The molecule has 138 valence electrons. The minimum Gasteiger partial charge on any atom is -0.507 e. The maximum atomic E-state index is 13.2. The lowest BCUT2D eigenvalue weighted by Gasteiger charge is -2.43. The molecule has 3 unspecified atom stereocenters. The number of phenols is 1. The Kier molecular flexibility index (Phi) is 4.83. The summed E-state index contributed by atoms with van der Waals surface area (Å²) < 4.78 is 5.64. The Bertz CT molecular complexity index is 806. The molecule has 26 heavy (non-hydrogen) atoms. The molecule has 4 rings (SSSR count). The zero-order chi connectivity index (χ0) is 18.1. The minimum absolute atomic E-state index is 0.0575. The van der Waals surface area contributed by atoms with Crippen molar-refractivity contribution in [3.63, 3.8) is 0 Å². The standard InChI is InChI=1S/C21H25NO4/c23-19-8-4-3-7-17(19)18-13-26-10-9-22(18)21(25)15-11-14-5-1-2-6-16(14)20(24)12-15/h1-2,5-6,11-12,17-19,23-24H,3-4,7-10,13H2. The van der Waals surface area contributed by atoms with E-state index in [1.165, 1.54) is 0 Å². The summed E-state index contributed by atoms with van der Waals surface area (Å²) in [5.41, 5.74) is 0.485. The summed E-state index contributed by atoms with van der Waals surface area (Å²) in [6.07, 6.45) is 3.45. The highest BCUT2D eigenvalue weighted by atomic mass is 16.5. The first-order valence-electron chi connectivity index (χ1n) is 9.43. The van der Waals surface area contributed by atoms with Gasteiger partial charge in [-0.3, -0.25) is 4.79 Å². The Morgan fingerprint density at radius 3 is 2.81 bits per heavy atom. The smallest absolute Gasteiger partial charge is 0.254 e. The molecule has 2 aromatic rings. The number of hydrogen-bond acceptors (Lipinski definition) is 4. The van der Waals surface area contributed by atoms with Crippen LogP contribution in [0.4, 0.5) is 0 Å². The molecule has 1 saturated carbocycles. The van der Waals surface area contributed by atoms with E-state index < -0.39 is 0 Å². The van der Waals surface area contributed by atoms with E-state index in [0.29, 0.717) is 25.3 Å². The largest absolute Gasteiger partial charge is 0.507 e. The van der Waals surface area contributed by atoms with Crippen LogP contribution in [0.3, 0.4) is 0 Å². The second-order valence-electron chi connectivity index (χ2n) is 7.37. The Hall–Kier alpha value is -2.11. The van der Waals surface area contributed by atoms with Gasteiger partial charge < -0.3 is 19.8 Å². The Labute approximate surface area is 153 Å². The lowest BCUT2D eigenvalue weighted by molar-refractivity contribution is -0.0562. The van der Waals surface area contributed by atoms with E-state index in [2.05, 4.69) is 0 Å². The van der Waals surface area contributed by atoms with E-state index in [-0.39, 0.29) is 29.7 Å². The van der Waals surface area contributed by atoms with Gasteiger partial charge in [0.15, 0.2) is 0 Å². The number of nitrogens with zero attached hydrogens (tertiary/aromatic N) is 1. The van der Waals surface area contributed by atoms with Gasteiger partial charge in [0.1, 0.15) is 5.75 Å². The van der Waals surface area contributed by atoms with Gasteiger partial charge in [-0.15, -0.1) is 0 Å². The van der Waals surface area contributed by atoms with Crippen LogP contribution < -0.4 is 0 Å². The van der Waals surface area contributed by atoms with Crippen LogP contribution in [0.2, 0.25) is 0 Å². The number of carbonyl (C=O) groups excluding carboxylic acids is 1. The van der Waals surface area contributed by atoms with Crippen molar-refractivity contribution < 1.29 is 19.7 Å².